The van der Waals surface area contributed by atoms with Crippen LogP contribution in [0, 0.1) is 10.1 Å². The molecule has 1 aromatic rings. The number of carboxylic acids is 1. The average Bonchev–Trinajstić information content (AvgIpc) is 2.45. The first-order valence-electron chi connectivity index (χ1n) is 6.51. The zero-order valence-corrected chi connectivity index (χ0v) is 11.3. The second-order valence-corrected chi connectivity index (χ2v) is 4.66. The van der Waals surface area contributed by atoms with Crippen LogP contribution in [0.15, 0.2) is 0 Å². The van der Waals surface area contributed by atoms with Crippen LogP contribution in [-0.2, 0) is 4.79 Å². The Morgan fingerprint density at radius 3 is 2.62 bits per heavy atom. The number of nitrogens with zero attached hydrogens (tertiary/aromatic N) is 4. The van der Waals surface area contributed by atoms with Crippen LogP contribution in [0.5, 0.6) is 0 Å². The van der Waals surface area contributed by atoms with Crippen LogP contribution in [0.25, 0.3) is 0 Å². The minimum atomic E-state index is -1.09. The van der Waals surface area contributed by atoms with Gasteiger partial charge in [-0.05, 0) is 19.3 Å². The quantitative estimate of drug-likeness (QED) is 0.520. The molecule has 2 rings (SSSR count). The highest BCUT2D eigenvalue weighted by molar-refractivity contribution is 5.74. The average molecular weight is 296 g/mol. The predicted molar refractivity (Wildman–Crippen MR) is 75.3 cm³/mol. The number of nitro groups is 1. The molecule has 0 atom stereocenters. The van der Waals surface area contributed by atoms with E-state index >= 15 is 0 Å². The molecular formula is C11H16N6O4. The fourth-order valence-corrected chi connectivity index (χ4v) is 2.19. The molecule has 1 saturated heterocycles. The summed E-state index contributed by atoms with van der Waals surface area (Å²) >= 11 is 0. The third-order valence-electron chi connectivity index (χ3n) is 3.13. The number of nitrogens with two attached hydrogens (primary N) is 1. The lowest BCUT2D eigenvalue weighted by Gasteiger charge is -2.27. The van der Waals surface area contributed by atoms with Crippen molar-refractivity contribution in [2.75, 3.05) is 35.6 Å². The summed E-state index contributed by atoms with van der Waals surface area (Å²) in [5, 5.41) is 22.3. The maximum absolute atomic E-state index is 11.2. The Bertz CT molecular complexity index is 558. The number of nitrogens with one attached hydrogen (secondary N) is 1. The zero-order chi connectivity index (χ0) is 15.4. The molecule has 0 spiro atoms. The summed E-state index contributed by atoms with van der Waals surface area (Å²) in [4.78, 5) is 30.7. The van der Waals surface area contributed by atoms with Crippen LogP contribution in [-0.4, -0.2) is 45.6 Å². The van der Waals surface area contributed by atoms with Crippen molar-refractivity contribution >= 4 is 29.2 Å². The van der Waals surface area contributed by atoms with E-state index in [2.05, 4.69) is 15.3 Å². The number of nitrogen functional groups attached to an aromatic ring is 1. The number of anilines is 3. The fraction of sp³-hybridized carbons (Fsp3) is 0.545. The van der Waals surface area contributed by atoms with Crippen molar-refractivity contribution in [3.63, 3.8) is 0 Å². The Labute approximate surface area is 120 Å². The van der Waals surface area contributed by atoms with Gasteiger partial charge in [0.2, 0.25) is 17.6 Å². The molecule has 0 unspecified atom stereocenters. The van der Waals surface area contributed by atoms with Gasteiger partial charge in [-0.25, -0.2) is 0 Å². The molecule has 0 amide bonds. The SMILES string of the molecule is Nc1nc(NCC(=O)O)nc(N2CCCCC2)c1[N+](=O)[O-]. The van der Waals surface area contributed by atoms with Crippen molar-refractivity contribution in [1.82, 2.24) is 9.97 Å². The molecule has 1 aliphatic rings. The van der Waals surface area contributed by atoms with E-state index < -0.39 is 17.4 Å². The number of carboxylic acid groups (broad SMARTS) is 1. The summed E-state index contributed by atoms with van der Waals surface area (Å²) in [5.41, 5.74) is 5.29. The zero-order valence-electron chi connectivity index (χ0n) is 11.3. The van der Waals surface area contributed by atoms with Crippen molar-refractivity contribution in [2.24, 2.45) is 0 Å². The molecule has 0 aromatic carbocycles. The van der Waals surface area contributed by atoms with Gasteiger partial charge in [0.15, 0.2) is 0 Å². The largest absolute Gasteiger partial charge is 0.480 e. The van der Waals surface area contributed by atoms with Gasteiger partial charge in [0.1, 0.15) is 6.54 Å². The molecule has 10 heteroatoms. The van der Waals surface area contributed by atoms with Crippen molar-refractivity contribution in [1.29, 1.82) is 0 Å². The topological polar surface area (TPSA) is 148 Å². The van der Waals surface area contributed by atoms with Gasteiger partial charge in [-0.1, -0.05) is 0 Å². The third-order valence-corrected chi connectivity index (χ3v) is 3.13. The van der Waals surface area contributed by atoms with Crippen LogP contribution in [0.1, 0.15) is 19.3 Å². The molecule has 0 aliphatic carbocycles. The molecule has 0 bridgehead atoms. The number of hydrogen-bond acceptors (Lipinski definition) is 8. The van der Waals surface area contributed by atoms with E-state index in [1.165, 1.54) is 0 Å². The molecule has 10 nitrogen and oxygen atoms in total. The minimum absolute atomic E-state index is 0.0268. The van der Waals surface area contributed by atoms with Crippen LogP contribution >= 0.6 is 0 Å². The van der Waals surface area contributed by atoms with E-state index in [1.807, 2.05) is 0 Å². The number of aliphatic carboxylic acids is 1. The molecule has 1 aromatic heterocycles. The summed E-state index contributed by atoms with van der Waals surface area (Å²) in [7, 11) is 0. The number of carbonyl (C=O) groups is 1. The van der Waals surface area contributed by atoms with Crippen molar-refractivity contribution < 1.29 is 14.8 Å². The van der Waals surface area contributed by atoms with Gasteiger partial charge in [0.05, 0.1) is 4.92 Å². The predicted octanol–water partition coefficient (Wildman–Crippen LogP) is 0.454. The fourth-order valence-electron chi connectivity index (χ4n) is 2.19. The van der Waals surface area contributed by atoms with E-state index in [4.69, 9.17) is 10.8 Å². The van der Waals surface area contributed by atoms with Crippen LogP contribution in [0.3, 0.4) is 0 Å². The molecule has 0 saturated carbocycles. The standard InChI is InChI=1S/C11H16N6O4/c12-9-8(17(20)21)10(16-4-2-1-3-5-16)15-11(14-9)13-6-7(18)19/h1-6H2,(H,18,19)(H3,12,13,14,15). The highest BCUT2D eigenvalue weighted by Gasteiger charge is 2.28. The van der Waals surface area contributed by atoms with Gasteiger partial charge in [0, 0.05) is 13.1 Å². The molecule has 4 N–H and O–H groups in total. The number of piperidine rings is 1. The van der Waals surface area contributed by atoms with Crippen LogP contribution in [0.2, 0.25) is 0 Å². The van der Waals surface area contributed by atoms with E-state index in [1.54, 1.807) is 4.90 Å². The van der Waals surface area contributed by atoms with E-state index in [-0.39, 0.29) is 23.3 Å². The maximum Gasteiger partial charge on any atom is 0.353 e. The summed E-state index contributed by atoms with van der Waals surface area (Å²) in [6.45, 7) is 0.905. The minimum Gasteiger partial charge on any atom is -0.480 e. The molecule has 1 aliphatic heterocycles. The maximum atomic E-state index is 11.2. The normalized spacial score (nSPS) is 14.8. The third kappa shape index (κ3) is 3.46. The van der Waals surface area contributed by atoms with Gasteiger partial charge in [-0.2, -0.15) is 9.97 Å². The van der Waals surface area contributed by atoms with Crippen LogP contribution < -0.4 is 16.0 Å². The monoisotopic (exact) mass is 296 g/mol. The van der Waals surface area contributed by atoms with Gasteiger partial charge in [-0.15, -0.1) is 0 Å². The van der Waals surface area contributed by atoms with E-state index in [0.29, 0.717) is 13.1 Å². The number of hydrogen-bond donors (Lipinski definition) is 3. The molecular weight excluding hydrogens is 280 g/mol. The van der Waals surface area contributed by atoms with E-state index in [0.717, 1.165) is 19.3 Å². The summed E-state index contributed by atoms with van der Waals surface area (Å²) < 4.78 is 0. The first-order valence-corrected chi connectivity index (χ1v) is 6.51. The highest BCUT2D eigenvalue weighted by atomic mass is 16.6. The van der Waals surface area contributed by atoms with Crippen molar-refractivity contribution in [3.8, 4) is 0 Å². The van der Waals surface area contributed by atoms with Gasteiger partial charge < -0.3 is 21.1 Å². The van der Waals surface area contributed by atoms with Gasteiger partial charge >= 0.3 is 11.7 Å². The first-order chi connectivity index (χ1) is 9.99. The number of aromatic nitrogens is 2. The van der Waals surface area contributed by atoms with Crippen LogP contribution in [0.4, 0.5) is 23.3 Å². The summed E-state index contributed by atoms with van der Waals surface area (Å²) in [5.74, 6) is -1.25. The molecule has 21 heavy (non-hydrogen) atoms. The Morgan fingerprint density at radius 2 is 2.05 bits per heavy atom. The summed E-state index contributed by atoms with van der Waals surface area (Å²) in [6.07, 6.45) is 2.90. The second-order valence-electron chi connectivity index (χ2n) is 4.66. The summed E-state index contributed by atoms with van der Waals surface area (Å²) in [6, 6.07) is 0. The highest BCUT2D eigenvalue weighted by Crippen LogP contribution is 2.33. The lowest BCUT2D eigenvalue weighted by Crippen LogP contribution is -2.31. The lowest BCUT2D eigenvalue weighted by molar-refractivity contribution is -0.383. The van der Waals surface area contributed by atoms with Gasteiger partial charge in [0.25, 0.3) is 0 Å². The van der Waals surface area contributed by atoms with Gasteiger partial charge in [-0.3, -0.25) is 14.9 Å². The Morgan fingerprint density at radius 1 is 1.38 bits per heavy atom. The van der Waals surface area contributed by atoms with Crippen molar-refractivity contribution in [2.45, 2.75) is 19.3 Å². The van der Waals surface area contributed by atoms with E-state index in [9.17, 15) is 14.9 Å². The first kappa shape index (κ1) is 14.8. The number of rotatable bonds is 5. The molecule has 114 valence electrons. The lowest BCUT2D eigenvalue weighted by atomic mass is 10.1. The molecule has 1 fully saturated rings. The second kappa shape index (κ2) is 6.20. The Balaban J connectivity index is 2.37. The Kier molecular flexibility index (Phi) is 4.36. The molecule has 2 heterocycles. The Hall–Kier alpha value is -2.65. The molecule has 0 radical (unpaired) electrons. The van der Waals surface area contributed by atoms with Crippen molar-refractivity contribution in [3.05, 3.63) is 10.1 Å². The smallest absolute Gasteiger partial charge is 0.353 e.